The summed E-state index contributed by atoms with van der Waals surface area (Å²) in [6.07, 6.45) is 1.88. The van der Waals surface area contributed by atoms with E-state index >= 15 is 0 Å². The van der Waals surface area contributed by atoms with Gasteiger partial charge in [0, 0.05) is 30.2 Å². The van der Waals surface area contributed by atoms with Gasteiger partial charge in [0.1, 0.15) is 0 Å². The van der Waals surface area contributed by atoms with Crippen LogP contribution in [-0.2, 0) is 4.74 Å². The molecule has 2 heterocycles. The van der Waals surface area contributed by atoms with Gasteiger partial charge >= 0.3 is 0 Å². The van der Waals surface area contributed by atoms with Crippen molar-refractivity contribution >= 4 is 28.2 Å². The van der Waals surface area contributed by atoms with Gasteiger partial charge in [-0.05, 0) is 17.7 Å². The smallest absolute Gasteiger partial charge is 0.227 e. The first-order valence-electron chi connectivity index (χ1n) is 9.88. The van der Waals surface area contributed by atoms with Gasteiger partial charge in [-0.3, -0.25) is 0 Å². The molecule has 1 aliphatic rings. The predicted molar refractivity (Wildman–Crippen MR) is 118 cm³/mol. The molecule has 0 atom stereocenters. The lowest BCUT2D eigenvalue weighted by Gasteiger charge is -2.30. The lowest BCUT2D eigenvalue weighted by atomic mass is 10.0. The fourth-order valence-corrected chi connectivity index (χ4v) is 3.75. The van der Waals surface area contributed by atoms with Crippen LogP contribution in [-0.4, -0.2) is 36.3 Å². The van der Waals surface area contributed by atoms with E-state index in [-0.39, 0.29) is 0 Å². The van der Waals surface area contributed by atoms with Crippen molar-refractivity contribution in [1.82, 2.24) is 9.97 Å². The zero-order valence-electron chi connectivity index (χ0n) is 16.1. The molecule has 1 saturated heterocycles. The van der Waals surface area contributed by atoms with Crippen LogP contribution in [0.5, 0.6) is 0 Å². The van der Waals surface area contributed by atoms with Gasteiger partial charge < -0.3 is 15.0 Å². The van der Waals surface area contributed by atoms with E-state index in [4.69, 9.17) is 9.72 Å². The summed E-state index contributed by atoms with van der Waals surface area (Å²) >= 11 is 0. The second-order valence-corrected chi connectivity index (χ2v) is 7.04. The minimum Gasteiger partial charge on any atom is -0.378 e. The minimum atomic E-state index is 0.599. The molecule has 144 valence electrons. The molecule has 0 radical (unpaired) electrons. The summed E-state index contributed by atoms with van der Waals surface area (Å²) in [5, 5.41) is 4.46. The molecule has 0 amide bonds. The largest absolute Gasteiger partial charge is 0.378 e. The van der Waals surface area contributed by atoms with E-state index in [2.05, 4.69) is 57.7 Å². The van der Waals surface area contributed by atoms with Crippen molar-refractivity contribution in [3.63, 3.8) is 0 Å². The van der Waals surface area contributed by atoms with Crippen LogP contribution in [0, 0.1) is 0 Å². The van der Waals surface area contributed by atoms with Gasteiger partial charge in [0.25, 0.3) is 0 Å². The number of aromatic nitrogens is 2. The Morgan fingerprint density at radius 3 is 2.48 bits per heavy atom. The van der Waals surface area contributed by atoms with Crippen molar-refractivity contribution in [2.24, 2.45) is 0 Å². The van der Waals surface area contributed by atoms with Crippen molar-refractivity contribution in [3.8, 4) is 11.1 Å². The van der Waals surface area contributed by atoms with E-state index in [9.17, 15) is 0 Å². The van der Waals surface area contributed by atoms with Crippen LogP contribution in [0.4, 0.5) is 17.3 Å². The first-order valence-corrected chi connectivity index (χ1v) is 9.88. The molecule has 5 heteroatoms. The molecule has 0 spiro atoms. The highest BCUT2D eigenvalue weighted by Gasteiger charge is 2.15. The monoisotopic (exact) mass is 382 g/mol. The summed E-state index contributed by atoms with van der Waals surface area (Å²) in [5.41, 5.74) is 5.35. The number of benzene rings is 3. The van der Waals surface area contributed by atoms with Gasteiger partial charge in [-0.25, -0.2) is 9.97 Å². The van der Waals surface area contributed by atoms with E-state index in [0.29, 0.717) is 5.95 Å². The van der Waals surface area contributed by atoms with Crippen LogP contribution in [0.1, 0.15) is 0 Å². The Hall–Kier alpha value is -3.44. The Bertz CT molecular complexity index is 1120. The maximum absolute atomic E-state index is 5.50. The summed E-state index contributed by atoms with van der Waals surface area (Å²) in [6.45, 7) is 3.27. The Balaban J connectivity index is 1.52. The van der Waals surface area contributed by atoms with Gasteiger partial charge in [0.2, 0.25) is 5.95 Å². The van der Waals surface area contributed by atoms with Crippen LogP contribution >= 0.6 is 0 Å². The van der Waals surface area contributed by atoms with E-state index < -0.39 is 0 Å². The van der Waals surface area contributed by atoms with Crippen LogP contribution in [0.2, 0.25) is 0 Å². The lowest BCUT2D eigenvalue weighted by molar-refractivity contribution is 0.123. The molecule has 0 aliphatic carbocycles. The minimum absolute atomic E-state index is 0.599. The third-order valence-corrected chi connectivity index (χ3v) is 5.20. The zero-order valence-corrected chi connectivity index (χ0v) is 16.1. The van der Waals surface area contributed by atoms with Crippen molar-refractivity contribution in [2.75, 3.05) is 36.5 Å². The number of morpholine rings is 1. The normalized spacial score (nSPS) is 14.1. The number of nitrogens with one attached hydrogen (secondary N) is 1. The Morgan fingerprint density at radius 2 is 1.62 bits per heavy atom. The fourth-order valence-electron chi connectivity index (χ4n) is 3.75. The van der Waals surface area contributed by atoms with Crippen molar-refractivity contribution < 1.29 is 4.74 Å². The number of hydrogen-bond acceptors (Lipinski definition) is 5. The number of nitrogens with zero attached hydrogens (tertiary/aromatic N) is 3. The Labute approximate surface area is 170 Å². The SMILES string of the molecule is c1ccc(-c2cccc3cnc(Nc4ccccc4N4CCOCC4)nc23)cc1. The van der Waals surface area contributed by atoms with E-state index in [1.165, 1.54) is 0 Å². The molecule has 3 aromatic carbocycles. The summed E-state index contributed by atoms with van der Waals surface area (Å²) in [7, 11) is 0. The average molecular weight is 382 g/mol. The summed E-state index contributed by atoms with van der Waals surface area (Å²) < 4.78 is 5.50. The van der Waals surface area contributed by atoms with Crippen molar-refractivity contribution in [2.45, 2.75) is 0 Å². The Morgan fingerprint density at radius 1 is 0.828 bits per heavy atom. The third kappa shape index (κ3) is 3.65. The molecular weight excluding hydrogens is 360 g/mol. The van der Waals surface area contributed by atoms with Crippen LogP contribution in [0.25, 0.3) is 22.0 Å². The Kier molecular flexibility index (Phi) is 4.80. The highest BCUT2D eigenvalue weighted by Crippen LogP contribution is 2.31. The quantitative estimate of drug-likeness (QED) is 0.545. The van der Waals surface area contributed by atoms with Gasteiger partial charge in [-0.15, -0.1) is 0 Å². The fraction of sp³-hybridized carbons (Fsp3) is 0.167. The summed E-state index contributed by atoms with van der Waals surface area (Å²) in [4.78, 5) is 11.8. The van der Waals surface area contributed by atoms with E-state index in [1.807, 2.05) is 36.5 Å². The average Bonchev–Trinajstić information content (AvgIpc) is 2.80. The second-order valence-electron chi connectivity index (χ2n) is 7.04. The van der Waals surface area contributed by atoms with Gasteiger partial charge in [-0.2, -0.15) is 0 Å². The zero-order chi connectivity index (χ0) is 19.5. The molecule has 29 heavy (non-hydrogen) atoms. The van der Waals surface area contributed by atoms with Gasteiger partial charge in [-0.1, -0.05) is 60.7 Å². The van der Waals surface area contributed by atoms with E-state index in [0.717, 1.165) is 59.7 Å². The first kappa shape index (κ1) is 17.6. The number of rotatable bonds is 4. The van der Waals surface area contributed by atoms with Crippen LogP contribution in [0.15, 0.2) is 79.0 Å². The summed E-state index contributed by atoms with van der Waals surface area (Å²) in [6, 6.07) is 24.8. The summed E-state index contributed by atoms with van der Waals surface area (Å²) in [5.74, 6) is 0.599. The maximum Gasteiger partial charge on any atom is 0.227 e. The number of ether oxygens (including phenoxy) is 1. The van der Waals surface area contributed by atoms with Gasteiger partial charge in [0.05, 0.1) is 30.1 Å². The third-order valence-electron chi connectivity index (χ3n) is 5.20. The molecule has 5 nitrogen and oxygen atoms in total. The highest BCUT2D eigenvalue weighted by molar-refractivity contribution is 5.94. The number of hydrogen-bond donors (Lipinski definition) is 1. The highest BCUT2D eigenvalue weighted by atomic mass is 16.5. The van der Waals surface area contributed by atoms with Crippen molar-refractivity contribution in [1.29, 1.82) is 0 Å². The molecule has 1 N–H and O–H groups in total. The molecular formula is C24H22N4O. The molecule has 1 aromatic heterocycles. The predicted octanol–water partition coefficient (Wildman–Crippen LogP) is 4.88. The van der Waals surface area contributed by atoms with Crippen LogP contribution in [0.3, 0.4) is 0 Å². The molecule has 1 aliphatic heterocycles. The molecule has 1 fully saturated rings. The lowest BCUT2D eigenvalue weighted by Crippen LogP contribution is -2.36. The van der Waals surface area contributed by atoms with Crippen molar-refractivity contribution in [3.05, 3.63) is 79.0 Å². The first-order chi connectivity index (χ1) is 14.4. The molecule has 0 saturated carbocycles. The number of fused-ring (bicyclic) bond motifs is 1. The topological polar surface area (TPSA) is 50.3 Å². The van der Waals surface area contributed by atoms with E-state index in [1.54, 1.807) is 0 Å². The molecule has 4 aromatic rings. The molecule has 0 unspecified atom stereocenters. The molecule has 0 bridgehead atoms. The second kappa shape index (κ2) is 7.89. The van der Waals surface area contributed by atoms with Gasteiger partial charge in [0.15, 0.2) is 0 Å². The number of para-hydroxylation sites is 3. The maximum atomic E-state index is 5.50. The van der Waals surface area contributed by atoms with Crippen LogP contribution < -0.4 is 10.2 Å². The number of anilines is 3. The standard InChI is InChI=1S/C24H22N4O/c1-2-7-18(8-3-1)20-10-6-9-19-17-25-24(27-23(19)20)26-21-11-4-5-12-22(21)28-13-15-29-16-14-28/h1-12,17H,13-16H2,(H,25,26,27). The molecule has 5 rings (SSSR count).